The van der Waals surface area contributed by atoms with Gasteiger partial charge in [0, 0.05) is 11.7 Å². The Hall–Kier alpha value is -2.04. The molecular formula is C16H16ClN3O. The molecule has 2 atom stereocenters. The molecule has 0 spiro atoms. The Morgan fingerprint density at radius 1 is 1.19 bits per heavy atom. The van der Waals surface area contributed by atoms with Crippen molar-refractivity contribution in [1.29, 1.82) is 0 Å². The average molecular weight is 302 g/mol. The minimum absolute atomic E-state index is 0.0408. The van der Waals surface area contributed by atoms with Crippen molar-refractivity contribution in [3.63, 3.8) is 0 Å². The van der Waals surface area contributed by atoms with E-state index in [0.29, 0.717) is 10.6 Å². The number of nitrogens with one attached hydrogen (secondary N) is 1. The van der Waals surface area contributed by atoms with Crippen molar-refractivity contribution in [2.45, 2.75) is 18.5 Å². The van der Waals surface area contributed by atoms with E-state index in [2.05, 4.69) is 17.4 Å². The van der Waals surface area contributed by atoms with Crippen LogP contribution in [0.25, 0.3) is 0 Å². The predicted molar refractivity (Wildman–Crippen MR) is 84.3 cm³/mol. The number of amides is 1. The smallest absolute Gasteiger partial charge is 0.250 e. The number of rotatable bonds is 3. The quantitative estimate of drug-likeness (QED) is 0.815. The van der Waals surface area contributed by atoms with Crippen molar-refractivity contribution in [2.24, 2.45) is 11.5 Å². The van der Waals surface area contributed by atoms with Gasteiger partial charge < -0.3 is 16.8 Å². The molecule has 5 heteroatoms. The Morgan fingerprint density at radius 2 is 1.90 bits per heavy atom. The van der Waals surface area contributed by atoms with Gasteiger partial charge in [-0.2, -0.15) is 0 Å². The molecule has 1 amide bonds. The number of halogens is 1. The van der Waals surface area contributed by atoms with Crippen molar-refractivity contribution in [3.8, 4) is 0 Å². The van der Waals surface area contributed by atoms with Crippen molar-refractivity contribution in [3.05, 3.63) is 64.2 Å². The number of anilines is 1. The topological polar surface area (TPSA) is 81.1 Å². The molecule has 2 aromatic carbocycles. The van der Waals surface area contributed by atoms with Gasteiger partial charge in [-0.1, -0.05) is 35.9 Å². The highest BCUT2D eigenvalue weighted by Crippen LogP contribution is 2.39. The fourth-order valence-corrected chi connectivity index (χ4v) is 3.09. The van der Waals surface area contributed by atoms with E-state index in [-0.39, 0.29) is 12.1 Å². The van der Waals surface area contributed by atoms with E-state index in [1.54, 1.807) is 18.2 Å². The fraction of sp³-hybridized carbons (Fsp3) is 0.188. The SMILES string of the molecule is NC(=O)c1ccc(NC2CC(N)c3ccccc32)cc1Cl. The average Bonchev–Trinajstić information content (AvgIpc) is 2.76. The van der Waals surface area contributed by atoms with Crippen LogP contribution in [0.5, 0.6) is 0 Å². The van der Waals surface area contributed by atoms with E-state index >= 15 is 0 Å². The van der Waals surface area contributed by atoms with E-state index in [9.17, 15) is 4.79 Å². The van der Waals surface area contributed by atoms with E-state index < -0.39 is 5.91 Å². The van der Waals surface area contributed by atoms with Crippen molar-refractivity contribution in [2.75, 3.05) is 5.32 Å². The molecule has 5 N–H and O–H groups in total. The summed E-state index contributed by atoms with van der Waals surface area (Å²) in [5, 5.41) is 3.77. The van der Waals surface area contributed by atoms with Gasteiger partial charge in [0.15, 0.2) is 0 Å². The zero-order valence-electron chi connectivity index (χ0n) is 11.3. The van der Waals surface area contributed by atoms with Gasteiger partial charge in [-0.3, -0.25) is 4.79 Å². The Balaban J connectivity index is 1.85. The normalized spacial score (nSPS) is 20.1. The molecule has 0 aromatic heterocycles. The molecule has 108 valence electrons. The molecule has 1 aliphatic rings. The van der Waals surface area contributed by atoms with Gasteiger partial charge in [0.05, 0.1) is 16.6 Å². The summed E-state index contributed by atoms with van der Waals surface area (Å²) in [4.78, 5) is 11.2. The van der Waals surface area contributed by atoms with Gasteiger partial charge in [-0.15, -0.1) is 0 Å². The predicted octanol–water partition coefficient (Wildman–Crippen LogP) is 3.00. The van der Waals surface area contributed by atoms with Crippen LogP contribution in [0.1, 0.15) is 40.0 Å². The van der Waals surface area contributed by atoms with Gasteiger partial charge in [0.1, 0.15) is 0 Å². The lowest BCUT2D eigenvalue weighted by Crippen LogP contribution is -2.13. The van der Waals surface area contributed by atoms with Crippen LogP contribution in [0.15, 0.2) is 42.5 Å². The van der Waals surface area contributed by atoms with Gasteiger partial charge in [0.2, 0.25) is 5.91 Å². The Morgan fingerprint density at radius 3 is 2.57 bits per heavy atom. The highest BCUT2D eigenvalue weighted by atomic mass is 35.5. The summed E-state index contributed by atoms with van der Waals surface area (Å²) in [6.07, 6.45) is 0.828. The summed E-state index contributed by atoms with van der Waals surface area (Å²) in [6.45, 7) is 0. The third-order valence-electron chi connectivity index (χ3n) is 3.84. The van der Waals surface area contributed by atoms with Crippen LogP contribution in [0, 0.1) is 0 Å². The highest BCUT2D eigenvalue weighted by molar-refractivity contribution is 6.34. The number of hydrogen-bond acceptors (Lipinski definition) is 3. The second-order valence-corrected chi connectivity index (χ2v) is 5.63. The maximum absolute atomic E-state index is 11.2. The molecule has 0 saturated carbocycles. The molecule has 0 saturated heterocycles. The van der Waals surface area contributed by atoms with Crippen LogP contribution in [0.2, 0.25) is 5.02 Å². The number of carbonyl (C=O) groups excluding carboxylic acids is 1. The maximum Gasteiger partial charge on any atom is 0.250 e. The first-order valence-corrected chi connectivity index (χ1v) is 7.14. The monoisotopic (exact) mass is 301 g/mol. The van der Waals surface area contributed by atoms with Crippen LogP contribution in [0.4, 0.5) is 5.69 Å². The summed E-state index contributed by atoms with van der Waals surface area (Å²) in [5.74, 6) is -0.528. The third kappa shape index (κ3) is 2.60. The number of nitrogens with two attached hydrogens (primary N) is 2. The minimum atomic E-state index is -0.528. The highest BCUT2D eigenvalue weighted by Gasteiger charge is 2.28. The Labute approximate surface area is 128 Å². The van der Waals surface area contributed by atoms with Crippen LogP contribution in [-0.2, 0) is 0 Å². The third-order valence-corrected chi connectivity index (χ3v) is 4.15. The number of fused-ring (bicyclic) bond motifs is 1. The molecular weight excluding hydrogens is 286 g/mol. The summed E-state index contributed by atoms with van der Waals surface area (Å²) in [7, 11) is 0. The lowest BCUT2D eigenvalue weighted by atomic mass is 10.1. The van der Waals surface area contributed by atoms with E-state index in [1.807, 2.05) is 12.1 Å². The molecule has 4 nitrogen and oxygen atoms in total. The molecule has 0 bridgehead atoms. The van der Waals surface area contributed by atoms with Gasteiger partial charge >= 0.3 is 0 Å². The number of benzene rings is 2. The van der Waals surface area contributed by atoms with Crippen LogP contribution in [-0.4, -0.2) is 5.91 Å². The van der Waals surface area contributed by atoms with Gasteiger partial charge in [-0.05, 0) is 35.7 Å². The van der Waals surface area contributed by atoms with Crippen molar-refractivity contribution < 1.29 is 4.79 Å². The maximum atomic E-state index is 11.2. The van der Waals surface area contributed by atoms with E-state index in [1.165, 1.54) is 11.1 Å². The Kier molecular flexibility index (Phi) is 3.57. The summed E-state index contributed by atoms with van der Waals surface area (Å²) in [6, 6.07) is 13.5. The second-order valence-electron chi connectivity index (χ2n) is 5.23. The minimum Gasteiger partial charge on any atom is -0.378 e. The molecule has 3 rings (SSSR count). The number of primary amides is 1. The zero-order valence-corrected chi connectivity index (χ0v) is 12.1. The van der Waals surface area contributed by atoms with Crippen molar-refractivity contribution in [1.82, 2.24) is 0 Å². The first kappa shape index (κ1) is 13.9. The molecule has 0 radical (unpaired) electrons. The van der Waals surface area contributed by atoms with Crippen LogP contribution >= 0.6 is 11.6 Å². The number of hydrogen-bond donors (Lipinski definition) is 3. The summed E-state index contributed by atoms with van der Waals surface area (Å²) < 4.78 is 0. The summed E-state index contributed by atoms with van der Waals surface area (Å²) in [5.41, 5.74) is 15.0. The zero-order chi connectivity index (χ0) is 15.0. The second kappa shape index (κ2) is 5.39. The molecule has 21 heavy (non-hydrogen) atoms. The van der Waals surface area contributed by atoms with Gasteiger partial charge in [0.25, 0.3) is 0 Å². The first-order chi connectivity index (χ1) is 10.1. The lowest BCUT2D eigenvalue weighted by Gasteiger charge is -2.16. The Bertz CT molecular complexity index is 702. The van der Waals surface area contributed by atoms with Gasteiger partial charge in [-0.25, -0.2) is 0 Å². The molecule has 0 aliphatic heterocycles. The molecule has 0 heterocycles. The van der Waals surface area contributed by atoms with Crippen LogP contribution < -0.4 is 16.8 Å². The van der Waals surface area contributed by atoms with Crippen molar-refractivity contribution >= 4 is 23.2 Å². The van der Waals surface area contributed by atoms with E-state index in [0.717, 1.165) is 12.1 Å². The van der Waals surface area contributed by atoms with E-state index in [4.69, 9.17) is 23.1 Å². The van der Waals surface area contributed by atoms with Crippen LogP contribution in [0.3, 0.4) is 0 Å². The molecule has 2 unspecified atom stereocenters. The fourth-order valence-electron chi connectivity index (χ4n) is 2.82. The molecule has 2 aromatic rings. The molecule has 0 fully saturated rings. The molecule has 1 aliphatic carbocycles. The summed E-state index contributed by atoms with van der Waals surface area (Å²) >= 11 is 6.07. The standard InChI is InChI=1S/C16H16ClN3O/c17-13-7-9(5-6-12(13)16(19)21)20-15-8-14(18)10-3-1-2-4-11(10)15/h1-7,14-15,20H,8,18H2,(H2,19,21). The first-order valence-electron chi connectivity index (χ1n) is 6.76. The number of carbonyl (C=O) groups is 1. The largest absolute Gasteiger partial charge is 0.378 e. The lowest BCUT2D eigenvalue weighted by molar-refractivity contribution is 0.100.